The van der Waals surface area contributed by atoms with Crippen LogP contribution >= 0.6 is 0 Å². The number of rotatable bonds is 17. The summed E-state index contributed by atoms with van der Waals surface area (Å²) in [5.74, 6) is 0.382. The van der Waals surface area contributed by atoms with E-state index in [-0.39, 0.29) is 18.7 Å². The molecule has 2 rings (SSSR count). The van der Waals surface area contributed by atoms with E-state index in [0.29, 0.717) is 6.61 Å². The van der Waals surface area contributed by atoms with Crippen molar-refractivity contribution in [3.8, 4) is 17.0 Å². The van der Waals surface area contributed by atoms with Crippen LogP contribution in [0.3, 0.4) is 0 Å². The number of pyridine rings is 1. The number of esters is 1. The maximum absolute atomic E-state index is 12.0. The van der Waals surface area contributed by atoms with Gasteiger partial charge in [-0.2, -0.15) is 0 Å². The summed E-state index contributed by atoms with van der Waals surface area (Å²) in [5.41, 5.74) is 3.31. The molecule has 0 bridgehead atoms. The van der Waals surface area contributed by atoms with E-state index in [0.717, 1.165) is 36.3 Å². The Hall–Kier alpha value is -2.40. The van der Waals surface area contributed by atoms with Gasteiger partial charge in [0.25, 0.3) is 0 Å². The summed E-state index contributed by atoms with van der Waals surface area (Å²) in [6.45, 7) is 8.69. The largest absolute Gasteiger partial charge is 0.487 e. The number of carbonyl (C=O) groups is 1. The second kappa shape index (κ2) is 16.3. The van der Waals surface area contributed by atoms with Crippen molar-refractivity contribution < 1.29 is 19.0 Å². The zero-order chi connectivity index (χ0) is 24.6. The van der Waals surface area contributed by atoms with Gasteiger partial charge in [0.2, 0.25) is 0 Å². The lowest BCUT2D eigenvalue weighted by Gasteiger charge is -2.17. The van der Waals surface area contributed by atoms with Crippen LogP contribution < -0.4 is 4.74 Å². The molecule has 5 nitrogen and oxygen atoms in total. The molecule has 0 radical (unpaired) electrons. The molecule has 0 aliphatic heterocycles. The first-order valence-electron chi connectivity index (χ1n) is 13.0. The van der Waals surface area contributed by atoms with Crippen molar-refractivity contribution >= 4 is 5.97 Å². The molecule has 0 fully saturated rings. The molecule has 0 N–H and O–H groups in total. The molecule has 0 saturated carbocycles. The first-order valence-corrected chi connectivity index (χ1v) is 13.0. The average molecular weight is 470 g/mol. The molecule has 0 spiro atoms. The van der Waals surface area contributed by atoms with Crippen molar-refractivity contribution in [3.63, 3.8) is 0 Å². The van der Waals surface area contributed by atoms with Crippen LogP contribution in [-0.4, -0.2) is 36.4 Å². The first-order chi connectivity index (χ1) is 16.5. The third-order valence-electron chi connectivity index (χ3n) is 5.79. The smallest absolute Gasteiger partial charge is 0.335 e. The SMILES string of the molecule is CCCCCCCCc1ccc(-c2ccc(OC(C)COC(=O)C(C)OCCCC)cc2)nc1. The lowest BCUT2D eigenvalue weighted by atomic mass is 10.1. The van der Waals surface area contributed by atoms with E-state index in [1.807, 2.05) is 37.4 Å². The highest BCUT2D eigenvalue weighted by Crippen LogP contribution is 2.22. The van der Waals surface area contributed by atoms with Gasteiger partial charge in [0.05, 0.1) is 5.69 Å². The second-order valence-corrected chi connectivity index (χ2v) is 9.02. The molecule has 0 aliphatic carbocycles. The van der Waals surface area contributed by atoms with Crippen LogP contribution in [0, 0.1) is 0 Å². The lowest BCUT2D eigenvalue weighted by Crippen LogP contribution is -2.28. The monoisotopic (exact) mass is 469 g/mol. The van der Waals surface area contributed by atoms with E-state index < -0.39 is 6.10 Å². The summed E-state index contributed by atoms with van der Waals surface area (Å²) >= 11 is 0. The number of unbranched alkanes of at least 4 members (excludes halogenated alkanes) is 6. The van der Waals surface area contributed by atoms with Gasteiger partial charge in [-0.15, -0.1) is 0 Å². The zero-order valence-electron chi connectivity index (χ0n) is 21.6. The molecule has 1 aromatic carbocycles. The first kappa shape index (κ1) is 27.8. The van der Waals surface area contributed by atoms with Crippen LogP contribution in [0.4, 0.5) is 0 Å². The molecule has 1 aromatic heterocycles. The van der Waals surface area contributed by atoms with Gasteiger partial charge in [-0.05, 0) is 69.0 Å². The fraction of sp³-hybridized carbons (Fsp3) is 0.586. The highest BCUT2D eigenvalue weighted by atomic mass is 16.6. The maximum atomic E-state index is 12.0. The average Bonchev–Trinajstić information content (AvgIpc) is 2.85. The number of hydrogen-bond donors (Lipinski definition) is 0. The summed E-state index contributed by atoms with van der Waals surface area (Å²) in [7, 11) is 0. The van der Waals surface area contributed by atoms with Gasteiger partial charge in [-0.3, -0.25) is 4.98 Å². The van der Waals surface area contributed by atoms with E-state index in [9.17, 15) is 4.79 Å². The van der Waals surface area contributed by atoms with E-state index in [1.165, 1.54) is 44.1 Å². The highest BCUT2D eigenvalue weighted by molar-refractivity contribution is 5.74. The molecule has 34 heavy (non-hydrogen) atoms. The number of carbonyl (C=O) groups excluding carboxylic acids is 1. The van der Waals surface area contributed by atoms with Crippen molar-refractivity contribution in [2.45, 2.75) is 97.7 Å². The van der Waals surface area contributed by atoms with E-state index in [1.54, 1.807) is 6.92 Å². The number of aryl methyl sites for hydroxylation is 1. The predicted octanol–water partition coefficient (Wildman–Crippen LogP) is 7.17. The van der Waals surface area contributed by atoms with E-state index in [2.05, 4.69) is 31.0 Å². The fourth-order valence-corrected chi connectivity index (χ4v) is 3.61. The van der Waals surface area contributed by atoms with Gasteiger partial charge in [0.15, 0.2) is 6.10 Å². The third-order valence-corrected chi connectivity index (χ3v) is 5.79. The van der Waals surface area contributed by atoms with Crippen LogP contribution in [0.25, 0.3) is 11.3 Å². The standard InChI is InChI=1S/C29H43NO4/c1-5-7-9-10-11-12-13-25-14-19-28(30-21-25)26-15-17-27(18-16-26)34-23(3)22-33-29(31)24(4)32-20-8-6-2/h14-19,21,23-24H,5-13,20,22H2,1-4H3. The van der Waals surface area contributed by atoms with Crippen molar-refractivity contribution in [1.82, 2.24) is 4.98 Å². The van der Waals surface area contributed by atoms with Crippen molar-refractivity contribution in [3.05, 3.63) is 48.2 Å². The second-order valence-electron chi connectivity index (χ2n) is 9.02. The van der Waals surface area contributed by atoms with Crippen LogP contribution in [0.15, 0.2) is 42.6 Å². The van der Waals surface area contributed by atoms with Crippen LogP contribution in [0.2, 0.25) is 0 Å². The molecule has 0 amide bonds. The Kier molecular flexibility index (Phi) is 13.3. The normalized spacial score (nSPS) is 12.8. The molecule has 2 atom stereocenters. The number of aromatic nitrogens is 1. The zero-order valence-corrected chi connectivity index (χ0v) is 21.6. The molecule has 2 aromatic rings. The van der Waals surface area contributed by atoms with Crippen LogP contribution in [0.1, 0.15) is 84.6 Å². The Morgan fingerprint density at radius 2 is 1.59 bits per heavy atom. The maximum Gasteiger partial charge on any atom is 0.335 e. The fourth-order valence-electron chi connectivity index (χ4n) is 3.61. The van der Waals surface area contributed by atoms with Crippen LogP contribution in [0.5, 0.6) is 5.75 Å². The van der Waals surface area contributed by atoms with Gasteiger partial charge in [0.1, 0.15) is 18.5 Å². The van der Waals surface area contributed by atoms with Gasteiger partial charge in [-0.1, -0.05) is 58.4 Å². The van der Waals surface area contributed by atoms with Gasteiger partial charge >= 0.3 is 5.97 Å². The molecular formula is C29H43NO4. The lowest BCUT2D eigenvalue weighted by molar-refractivity contribution is -0.158. The van der Waals surface area contributed by atoms with Crippen molar-refractivity contribution in [2.75, 3.05) is 13.2 Å². The highest BCUT2D eigenvalue weighted by Gasteiger charge is 2.16. The van der Waals surface area contributed by atoms with E-state index in [4.69, 9.17) is 14.2 Å². The van der Waals surface area contributed by atoms with Crippen molar-refractivity contribution in [1.29, 1.82) is 0 Å². The van der Waals surface area contributed by atoms with Gasteiger partial charge in [-0.25, -0.2) is 4.79 Å². The predicted molar refractivity (Wildman–Crippen MR) is 138 cm³/mol. The van der Waals surface area contributed by atoms with Crippen molar-refractivity contribution in [2.24, 2.45) is 0 Å². The molecule has 5 heteroatoms. The van der Waals surface area contributed by atoms with E-state index >= 15 is 0 Å². The summed E-state index contributed by atoms with van der Waals surface area (Å²) in [4.78, 5) is 16.7. The topological polar surface area (TPSA) is 57.7 Å². The minimum atomic E-state index is -0.553. The molecular weight excluding hydrogens is 426 g/mol. The minimum absolute atomic E-state index is 0.184. The third kappa shape index (κ3) is 10.7. The number of ether oxygens (including phenoxy) is 3. The number of nitrogens with zero attached hydrogens (tertiary/aromatic N) is 1. The molecule has 0 saturated heterocycles. The summed E-state index contributed by atoms with van der Waals surface area (Å²) in [5, 5.41) is 0. The van der Waals surface area contributed by atoms with Gasteiger partial charge in [0, 0.05) is 18.4 Å². The Morgan fingerprint density at radius 1 is 0.882 bits per heavy atom. The Labute approximate surface area is 206 Å². The van der Waals surface area contributed by atoms with Crippen LogP contribution in [-0.2, 0) is 20.7 Å². The Balaban J connectivity index is 1.74. The summed E-state index contributed by atoms with van der Waals surface area (Å²) in [6, 6.07) is 12.1. The molecule has 2 unspecified atom stereocenters. The summed E-state index contributed by atoms with van der Waals surface area (Å²) in [6.07, 6.45) is 12.1. The summed E-state index contributed by atoms with van der Waals surface area (Å²) < 4.78 is 16.7. The minimum Gasteiger partial charge on any atom is -0.487 e. The number of benzene rings is 1. The Morgan fingerprint density at radius 3 is 2.26 bits per heavy atom. The number of hydrogen-bond acceptors (Lipinski definition) is 5. The molecule has 1 heterocycles. The molecule has 188 valence electrons. The quantitative estimate of drug-likeness (QED) is 0.182. The Bertz CT molecular complexity index is 804. The molecule has 0 aliphatic rings. The van der Waals surface area contributed by atoms with Gasteiger partial charge < -0.3 is 14.2 Å².